The largest absolute Gasteiger partial charge is 0.370 e. The lowest BCUT2D eigenvalue weighted by Gasteiger charge is -2.32. The van der Waals surface area contributed by atoms with Crippen molar-refractivity contribution in [3.63, 3.8) is 0 Å². The van der Waals surface area contributed by atoms with Crippen molar-refractivity contribution >= 4 is 11.7 Å². The smallest absolute Gasteiger partial charge is 0.284 e. The molecule has 1 amide bonds. The molecule has 1 fully saturated rings. The summed E-state index contributed by atoms with van der Waals surface area (Å²) in [6.45, 7) is 6.57. The summed E-state index contributed by atoms with van der Waals surface area (Å²) >= 11 is 0. The molecule has 1 aliphatic heterocycles. The van der Waals surface area contributed by atoms with E-state index in [-0.39, 0.29) is 5.91 Å². The molecule has 1 aromatic heterocycles. The third kappa shape index (κ3) is 4.18. The van der Waals surface area contributed by atoms with Crippen LogP contribution in [0.5, 0.6) is 0 Å². The molecule has 0 atom stereocenters. The summed E-state index contributed by atoms with van der Waals surface area (Å²) in [5, 5.41) is 5.14. The Bertz CT molecular complexity index is 443. The number of anilines is 1. The predicted molar refractivity (Wildman–Crippen MR) is 79.6 cm³/mol. The van der Waals surface area contributed by atoms with Crippen molar-refractivity contribution in [3.8, 4) is 0 Å². The fraction of sp³-hybridized carbons (Fsp3) is 0.571. The van der Waals surface area contributed by atoms with Gasteiger partial charge in [0.05, 0.1) is 0 Å². The summed E-state index contributed by atoms with van der Waals surface area (Å²) in [7, 11) is 2.09. The highest BCUT2D eigenvalue weighted by atomic mass is 16.2. The number of rotatable bonds is 5. The number of carbonyl (C=O) groups is 1. The first kappa shape index (κ1) is 14.7. The molecule has 0 spiro atoms. The van der Waals surface area contributed by atoms with Gasteiger partial charge in [0, 0.05) is 32.7 Å². The molecule has 2 N–H and O–H groups in total. The molecular formula is C14H23N5O. The molecule has 1 aliphatic rings. The summed E-state index contributed by atoms with van der Waals surface area (Å²) in [6, 6.07) is 5.47. The van der Waals surface area contributed by atoms with Crippen molar-refractivity contribution in [2.45, 2.75) is 13.3 Å². The van der Waals surface area contributed by atoms with Crippen molar-refractivity contribution in [2.24, 2.45) is 0 Å². The van der Waals surface area contributed by atoms with Gasteiger partial charge < -0.3 is 10.2 Å². The summed E-state index contributed by atoms with van der Waals surface area (Å²) in [5.41, 5.74) is 3.37. The van der Waals surface area contributed by atoms with E-state index in [2.05, 4.69) is 34.6 Å². The first-order chi connectivity index (χ1) is 9.69. The molecule has 1 aromatic rings. The number of likely N-dealkylation sites (N-methyl/N-ethyl adjacent to an activating group) is 1. The minimum absolute atomic E-state index is 0.144. The van der Waals surface area contributed by atoms with Gasteiger partial charge in [0.2, 0.25) is 0 Å². The fourth-order valence-corrected chi connectivity index (χ4v) is 2.03. The zero-order valence-corrected chi connectivity index (χ0v) is 12.2. The maximum absolute atomic E-state index is 12.2. The molecule has 0 radical (unpaired) electrons. The van der Waals surface area contributed by atoms with Gasteiger partial charge in [-0.1, -0.05) is 13.0 Å². The molecule has 6 heteroatoms. The minimum Gasteiger partial charge on any atom is -0.370 e. The van der Waals surface area contributed by atoms with Crippen LogP contribution in [-0.4, -0.2) is 60.6 Å². The lowest BCUT2D eigenvalue weighted by molar-refractivity contribution is 0.0658. The van der Waals surface area contributed by atoms with E-state index in [0.717, 1.165) is 45.0 Å². The van der Waals surface area contributed by atoms with Crippen LogP contribution >= 0.6 is 0 Å². The van der Waals surface area contributed by atoms with Gasteiger partial charge in [-0.05, 0) is 25.6 Å². The molecule has 1 saturated heterocycles. The fourth-order valence-electron chi connectivity index (χ4n) is 2.03. The molecule has 2 heterocycles. The molecule has 20 heavy (non-hydrogen) atoms. The highest BCUT2D eigenvalue weighted by molar-refractivity contribution is 5.92. The average Bonchev–Trinajstić information content (AvgIpc) is 2.48. The van der Waals surface area contributed by atoms with E-state index >= 15 is 0 Å². The van der Waals surface area contributed by atoms with Crippen LogP contribution in [-0.2, 0) is 0 Å². The third-order valence-electron chi connectivity index (χ3n) is 3.30. The second-order valence-electron chi connectivity index (χ2n) is 5.07. The van der Waals surface area contributed by atoms with Crippen molar-refractivity contribution < 1.29 is 4.79 Å². The van der Waals surface area contributed by atoms with Gasteiger partial charge in [0.15, 0.2) is 0 Å². The maximum Gasteiger partial charge on any atom is 0.284 e. The summed E-state index contributed by atoms with van der Waals surface area (Å²) < 4.78 is 0. The Morgan fingerprint density at radius 3 is 2.75 bits per heavy atom. The number of amides is 1. The van der Waals surface area contributed by atoms with Crippen LogP contribution in [0.1, 0.15) is 23.8 Å². The first-order valence-corrected chi connectivity index (χ1v) is 7.14. The summed E-state index contributed by atoms with van der Waals surface area (Å²) in [5.74, 6) is 0.604. The SMILES string of the molecule is CCCNc1cccc(C(=O)NN2CCN(C)CC2)n1. The Kier molecular flexibility index (Phi) is 5.31. The molecule has 0 aliphatic carbocycles. The Morgan fingerprint density at radius 2 is 2.05 bits per heavy atom. The van der Waals surface area contributed by atoms with Crippen LogP contribution in [0.4, 0.5) is 5.82 Å². The van der Waals surface area contributed by atoms with Crippen LogP contribution in [0, 0.1) is 0 Å². The van der Waals surface area contributed by atoms with Gasteiger partial charge in [0.1, 0.15) is 11.5 Å². The predicted octanol–water partition coefficient (Wildman–Crippen LogP) is 0.796. The number of piperazine rings is 1. The van der Waals surface area contributed by atoms with E-state index in [1.807, 2.05) is 17.1 Å². The van der Waals surface area contributed by atoms with Crippen LogP contribution in [0.3, 0.4) is 0 Å². The number of hydrogen-bond donors (Lipinski definition) is 2. The van der Waals surface area contributed by atoms with E-state index in [4.69, 9.17) is 0 Å². The lowest BCUT2D eigenvalue weighted by Crippen LogP contribution is -2.52. The second-order valence-corrected chi connectivity index (χ2v) is 5.07. The maximum atomic E-state index is 12.2. The number of hydrazine groups is 1. The highest BCUT2D eigenvalue weighted by Crippen LogP contribution is 2.05. The molecule has 0 unspecified atom stereocenters. The standard InChI is InChI=1S/C14H23N5O/c1-3-7-15-13-6-4-5-12(16-13)14(20)17-19-10-8-18(2)9-11-19/h4-6H,3,7-11H2,1-2H3,(H,15,16)(H,17,20). The van der Waals surface area contributed by atoms with Gasteiger partial charge in [-0.3, -0.25) is 10.2 Å². The molecule has 0 bridgehead atoms. The molecule has 110 valence electrons. The van der Waals surface area contributed by atoms with Crippen molar-refractivity contribution in [3.05, 3.63) is 23.9 Å². The van der Waals surface area contributed by atoms with E-state index in [1.165, 1.54) is 0 Å². The van der Waals surface area contributed by atoms with E-state index < -0.39 is 0 Å². The Labute approximate surface area is 120 Å². The van der Waals surface area contributed by atoms with Crippen molar-refractivity contribution in [1.29, 1.82) is 0 Å². The molecule has 6 nitrogen and oxygen atoms in total. The molecule has 0 saturated carbocycles. The van der Waals surface area contributed by atoms with E-state index in [1.54, 1.807) is 6.07 Å². The zero-order chi connectivity index (χ0) is 14.4. The van der Waals surface area contributed by atoms with Crippen molar-refractivity contribution in [2.75, 3.05) is 45.1 Å². The van der Waals surface area contributed by atoms with Gasteiger partial charge >= 0.3 is 0 Å². The van der Waals surface area contributed by atoms with Gasteiger partial charge in [-0.15, -0.1) is 0 Å². The van der Waals surface area contributed by atoms with Gasteiger partial charge in [-0.2, -0.15) is 0 Å². The number of carbonyl (C=O) groups excluding carboxylic acids is 1. The normalized spacial score (nSPS) is 16.9. The van der Waals surface area contributed by atoms with Crippen LogP contribution in [0.2, 0.25) is 0 Å². The summed E-state index contributed by atoms with van der Waals surface area (Å²) in [6.07, 6.45) is 1.03. The average molecular weight is 277 g/mol. The van der Waals surface area contributed by atoms with Crippen LogP contribution in [0.15, 0.2) is 18.2 Å². The number of nitrogens with zero attached hydrogens (tertiary/aromatic N) is 3. The zero-order valence-electron chi connectivity index (χ0n) is 12.2. The van der Waals surface area contributed by atoms with Crippen LogP contribution in [0.25, 0.3) is 0 Å². The Hall–Kier alpha value is -1.66. The third-order valence-corrected chi connectivity index (χ3v) is 3.30. The number of aromatic nitrogens is 1. The lowest BCUT2D eigenvalue weighted by atomic mass is 10.3. The topological polar surface area (TPSA) is 60.5 Å². The Balaban J connectivity index is 1.91. The van der Waals surface area contributed by atoms with Gasteiger partial charge in [-0.25, -0.2) is 9.99 Å². The first-order valence-electron chi connectivity index (χ1n) is 7.14. The summed E-state index contributed by atoms with van der Waals surface area (Å²) in [4.78, 5) is 18.7. The second kappa shape index (κ2) is 7.21. The minimum atomic E-state index is -0.144. The van der Waals surface area contributed by atoms with E-state index in [0.29, 0.717) is 5.69 Å². The van der Waals surface area contributed by atoms with E-state index in [9.17, 15) is 4.79 Å². The number of pyridine rings is 1. The number of hydrogen-bond acceptors (Lipinski definition) is 5. The molecule has 2 rings (SSSR count). The monoisotopic (exact) mass is 277 g/mol. The van der Waals surface area contributed by atoms with Crippen molar-refractivity contribution in [1.82, 2.24) is 20.3 Å². The van der Waals surface area contributed by atoms with Gasteiger partial charge in [0.25, 0.3) is 5.91 Å². The molecule has 0 aromatic carbocycles. The quantitative estimate of drug-likeness (QED) is 0.833. The van der Waals surface area contributed by atoms with Crippen LogP contribution < -0.4 is 10.7 Å². The highest BCUT2D eigenvalue weighted by Gasteiger charge is 2.17. The number of nitrogens with one attached hydrogen (secondary N) is 2. The molecular weight excluding hydrogens is 254 g/mol. The Morgan fingerprint density at radius 1 is 1.30 bits per heavy atom.